The normalized spacial score (nSPS) is 38.0. The van der Waals surface area contributed by atoms with Gasteiger partial charge in [-0.05, 0) is 26.7 Å². The van der Waals surface area contributed by atoms with Crippen LogP contribution in [0.25, 0.3) is 0 Å². The molecular weight excluding hydrogens is 110 g/mol. The van der Waals surface area contributed by atoms with Crippen molar-refractivity contribution >= 4 is 0 Å². The molecule has 0 spiro atoms. The van der Waals surface area contributed by atoms with E-state index in [4.69, 9.17) is 0 Å². The van der Waals surface area contributed by atoms with E-state index in [-0.39, 0.29) is 0 Å². The van der Waals surface area contributed by atoms with E-state index < -0.39 is 0 Å². The summed E-state index contributed by atoms with van der Waals surface area (Å²) >= 11 is 0. The van der Waals surface area contributed by atoms with Crippen LogP contribution in [0.2, 0.25) is 0 Å². The highest BCUT2D eigenvalue weighted by molar-refractivity contribution is 4.71. The number of nitrogens with zero attached hydrogens (tertiary/aromatic N) is 1. The van der Waals surface area contributed by atoms with Gasteiger partial charge < -0.3 is 0 Å². The summed E-state index contributed by atoms with van der Waals surface area (Å²) in [5.41, 5.74) is 0. The Hall–Kier alpha value is -0.0400. The molecule has 1 aliphatic rings. The molecule has 0 amide bonds. The van der Waals surface area contributed by atoms with Gasteiger partial charge in [-0.2, -0.15) is 0 Å². The van der Waals surface area contributed by atoms with Crippen LogP contribution >= 0.6 is 0 Å². The molecule has 0 aliphatic carbocycles. The van der Waals surface area contributed by atoms with Crippen LogP contribution < -0.4 is 5.32 Å². The van der Waals surface area contributed by atoms with Gasteiger partial charge in [0.25, 0.3) is 0 Å². The molecule has 1 heteroatoms. The van der Waals surface area contributed by atoms with Crippen molar-refractivity contribution in [2.45, 2.75) is 51.6 Å². The van der Waals surface area contributed by atoms with E-state index in [1.54, 1.807) is 0 Å². The van der Waals surface area contributed by atoms with Gasteiger partial charge in [-0.1, -0.05) is 12.8 Å². The van der Waals surface area contributed by atoms with Crippen molar-refractivity contribution in [3.63, 3.8) is 0 Å². The molecule has 1 radical (unpaired) electrons. The Bertz CT molecular complexity index is 70.6. The van der Waals surface area contributed by atoms with Crippen molar-refractivity contribution in [1.29, 1.82) is 0 Å². The van der Waals surface area contributed by atoms with E-state index in [1.165, 1.54) is 25.7 Å². The minimum atomic E-state index is 0.627. The Kier molecular flexibility index (Phi) is 2.52. The molecule has 9 heavy (non-hydrogen) atoms. The summed E-state index contributed by atoms with van der Waals surface area (Å²) in [6.07, 6.45) is 5.39. The maximum absolute atomic E-state index is 4.58. The zero-order valence-electron chi connectivity index (χ0n) is 6.43. The molecule has 0 N–H and O–H groups in total. The molecule has 1 heterocycles. The largest absolute Gasteiger partial charge is 0.236 e. The SMILES string of the molecule is CC1CCCCC(C)[N]1. The minimum absolute atomic E-state index is 0.627. The van der Waals surface area contributed by atoms with Gasteiger partial charge in [0.1, 0.15) is 0 Å². The lowest BCUT2D eigenvalue weighted by Crippen LogP contribution is -2.24. The first-order valence-electron chi connectivity index (χ1n) is 3.99. The van der Waals surface area contributed by atoms with Crippen LogP contribution in [0.15, 0.2) is 0 Å². The topological polar surface area (TPSA) is 14.1 Å². The fourth-order valence-electron chi connectivity index (χ4n) is 1.46. The van der Waals surface area contributed by atoms with Crippen LogP contribution in [0.1, 0.15) is 39.5 Å². The molecule has 0 bridgehead atoms. The van der Waals surface area contributed by atoms with Gasteiger partial charge in [0, 0.05) is 12.1 Å². The monoisotopic (exact) mass is 126 g/mol. The Morgan fingerprint density at radius 2 is 1.44 bits per heavy atom. The Morgan fingerprint density at radius 1 is 1.00 bits per heavy atom. The van der Waals surface area contributed by atoms with E-state index in [1.807, 2.05) is 0 Å². The first-order valence-corrected chi connectivity index (χ1v) is 3.99. The number of rotatable bonds is 0. The summed E-state index contributed by atoms with van der Waals surface area (Å²) in [5.74, 6) is 0. The smallest absolute Gasteiger partial charge is 0.0220 e. The predicted octanol–water partition coefficient (Wildman–Crippen LogP) is 1.94. The standard InChI is InChI=1S/C8H16N/c1-7-5-3-4-6-8(2)9-7/h7-8H,3-6H2,1-2H3. The Balaban J connectivity index is 2.29. The molecule has 0 aromatic carbocycles. The first kappa shape index (κ1) is 7.07. The van der Waals surface area contributed by atoms with Crippen molar-refractivity contribution in [2.24, 2.45) is 0 Å². The van der Waals surface area contributed by atoms with Gasteiger partial charge in [0.05, 0.1) is 0 Å². The number of hydrogen-bond donors (Lipinski definition) is 0. The Labute approximate surface area is 57.8 Å². The first-order chi connectivity index (χ1) is 4.29. The predicted molar refractivity (Wildman–Crippen MR) is 39.5 cm³/mol. The molecule has 1 saturated heterocycles. The van der Waals surface area contributed by atoms with Crippen LogP contribution in [-0.4, -0.2) is 12.1 Å². The third kappa shape index (κ3) is 2.35. The average molecular weight is 126 g/mol. The highest BCUT2D eigenvalue weighted by atomic mass is 14.9. The summed E-state index contributed by atoms with van der Waals surface area (Å²) < 4.78 is 0. The van der Waals surface area contributed by atoms with Crippen LogP contribution in [0.4, 0.5) is 0 Å². The number of hydrogen-bond acceptors (Lipinski definition) is 0. The summed E-state index contributed by atoms with van der Waals surface area (Å²) in [7, 11) is 0. The maximum Gasteiger partial charge on any atom is 0.0220 e. The lowest BCUT2D eigenvalue weighted by atomic mass is 10.1. The second-order valence-corrected chi connectivity index (χ2v) is 3.13. The highest BCUT2D eigenvalue weighted by Crippen LogP contribution is 2.13. The zero-order chi connectivity index (χ0) is 6.69. The van der Waals surface area contributed by atoms with Crippen LogP contribution in [0.5, 0.6) is 0 Å². The van der Waals surface area contributed by atoms with Gasteiger partial charge in [-0.15, -0.1) is 0 Å². The van der Waals surface area contributed by atoms with Crippen molar-refractivity contribution in [3.05, 3.63) is 0 Å². The third-order valence-electron chi connectivity index (χ3n) is 2.00. The Morgan fingerprint density at radius 3 is 1.89 bits per heavy atom. The van der Waals surface area contributed by atoms with Gasteiger partial charge in [-0.3, -0.25) is 0 Å². The van der Waals surface area contributed by atoms with Crippen molar-refractivity contribution in [1.82, 2.24) is 5.32 Å². The van der Waals surface area contributed by atoms with Gasteiger partial charge in [0.2, 0.25) is 0 Å². The fraction of sp³-hybridized carbons (Fsp3) is 1.00. The molecule has 0 aromatic rings. The quantitative estimate of drug-likeness (QED) is 0.471. The molecule has 1 rings (SSSR count). The minimum Gasteiger partial charge on any atom is -0.236 e. The summed E-state index contributed by atoms with van der Waals surface area (Å²) in [6.45, 7) is 4.45. The zero-order valence-corrected chi connectivity index (χ0v) is 6.43. The van der Waals surface area contributed by atoms with Crippen LogP contribution in [-0.2, 0) is 0 Å². The van der Waals surface area contributed by atoms with Crippen LogP contribution in [0, 0.1) is 0 Å². The fourth-order valence-corrected chi connectivity index (χ4v) is 1.46. The molecule has 1 fully saturated rings. The van der Waals surface area contributed by atoms with Gasteiger partial charge in [-0.25, -0.2) is 5.32 Å². The summed E-state index contributed by atoms with van der Waals surface area (Å²) in [6, 6.07) is 1.25. The molecular formula is C8H16N. The van der Waals surface area contributed by atoms with Crippen molar-refractivity contribution in [3.8, 4) is 0 Å². The lowest BCUT2D eigenvalue weighted by Gasteiger charge is -2.11. The molecule has 53 valence electrons. The third-order valence-corrected chi connectivity index (χ3v) is 2.00. The van der Waals surface area contributed by atoms with Crippen LogP contribution in [0.3, 0.4) is 0 Å². The second kappa shape index (κ2) is 3.21. The maximum atomic E-state index is 4.58. The second-order valence-electron chi connectivity index (χ2n) is 3.13. The summed E-state index contributed by atoms with van der Waals surface area (Å²) in [4.78, 5) is 0. The van der Waals surface area contributed by atoms with E-state index in [0.29, 0.717) is 12.1 Å². The highest BCUT2D eigenvalue weighted by Gasteiger charge is 2.12. The molecule has 2 unspecified atom stereocenters. The van der Waals surface area contributed by atoms with E-state index >= 15 is 0 Å². The van der Waals surface area contributed by atoms with E-state index in [2.05, 4.69) is 19.2 Å². The van der Waals surface area contributed by atoms with Gasteiger partial charge in [0.15, 0.2) is 0 Å². The summed E-state index contributed by atoms with van der Waals surface area (Å²) in [5, 5.41) is 4.58. The van der Waals surface area contributed by atoms with E-state index in [9.17, 15) is 0 Å². The molecule has 0 aromatic heterocycles. The van der Waals surface area contributed by atoms with Crippen molar-refractivity contribution in [2.75, 3.05) is 0 Å². The average Bonchev–Trinajstić information content (AvgIpc) is 1.93. The van der Waals surface area contributed by atoms with Gasteiger partial charge >= 0.3 is 0 Å². The lowest BCUT2D eigenvalue weighted by molar-refractivity contribution is 0.463. The van der Waals surface area contributed by atoms with Crippen molar-refractivity contribution < 1.29 is 0 Å². The molecule has 1 nitrogen and oxygen atoms in total. The molecule has 2 atom stereocenters. The van der Waals surface area contributed by atoms with E-state index in [0.717, 1.165) is 0 Å². The molecule has 1 aliphatic heterocycles. The molecule has 0 saturated carbocycles.